The Hall–Kier alpha value is -1.55. The number of ether oxygens (including phenoxy) is 1. The van der Waals surface area contributed by atoms with E-state index < -0.39 is 6.10 Å². The first-order chi connectivity index (χ1) is 8.74. The maximum absolute atomic E-state index is 12.0. The largest absolute Gasteiger partial charge is 0.480 e. The van der Waals surface area contributed by atoms with Gasteiger partial charge in [0.25, 0.3) is 5.91 Å². The predicted molar refractivity (Wildman–Crippen MR) is 75.1 cm³/mol. The van der Waals surface area contributed by atoms with Crippen molar-refractivity contribution in [1.29, 1.82) is 0 Å². The van der Waals surface area contributed by atoms with E-state index in [1.807, 2.05) is 39.8 Å². The van der Waals surface area contributed by atoms with E-state index in [1.165, 1.54) is 0 Å². The first-order valence-electron chi connectivity index (χ1n) is 6.42. The van der Waals surface area contributed by atoms with Crippen LogP contribution in [0.3, 0.4) is 0 Å². The summed E-state index contributed by atoms with van der Waals surface area (Å²) in [4.78, 5) is 12.0. The second-order valence-corrected chi connectivity index (χ2v) is 5.72. The average molecular weight is 265 g/mol. The molecule has 0 aliphatic rings. The molecule has 4 heteroatoms. The Morgan fingerprint density at radius 1 is 1.42 bits per heavy atom. The smallest absolute Gasteiger partial charge is 0.261 e. The average Bonchev–Trinajstić information content (AvgIpc) is 2.29. The molecule has 1 aromatic carbocycles. The van der Waals surface area contributed by atoms with E-state index in [-0.39, 0.29) is 18.1 Å². The van der Waals surface area contributed by atoms with Crippen LogP contribution >= 0.6 is 0 Å². The molecule has 0 heterocycles. The Morgan fingerprint density at radius 2 is 2.05 bits per heavy atom. The number of carbonyl (C=O) groups excluding carboxylic acids is 1. The molecule has 1 unspecified atom stereocenters. The lowest BCUT2D eigenvalue weighted by molar-refractivity contribution is -0.128. The van der Waals surface area contributed by atoms with Crippen LogP contribution in [-0.4, -0.2) is 22.7 Å². The highest BCUT2D eigenvalue weighted by molar-refractivity contribution is 5.81. The van der Waals surface area contributed by atoms with Gasteiger partial charge in [-0.1, -0.05) is 18.2 Å². The normalized spacial score (nSPS) is 12.9. The zero-order valence-corrected chi connectivity index (χ0v) is 12.3. The number of benzene rings is 1. The van der Waals surface area contributed by atoms with E-state index in [1.54, 1.807) is 13.0 Å². The second kappa shape index (κ2) is 6.06. The number of carbonyl (C=O) groups is 1. The van der Waals surface area contributed by atoms with Gasteiger partial charge in [-0.15, -0.1) is 0 Å². The van der Waals surface area contributed by atoms with Crippen LogP contribution in [0.1, 0.15) is 38.8 Å². The Bertz CT molecular complexity index is 449. The van der Waals surface area contributed by atoms with Crippen LogP contribution in [0.5, 0.6) is 5.75 Å². The number of hydrogen-bond donors (Lipinski definition) is 2. The summed E-state index contributed by atoms with van der Waals surface area (Å²) in [6, 6.07) is 5.53. The van der Waals surface area contributed by atoms with Crippen molar-refractivity contribution in [1.82, 2.24) is 5.32 Å². The maximum Gasteiger partial charge on any atom is 0.261 e. The molecule has 0 saturated heterocycles. The van der Waals surface area contributed by atoms with Crippen molar-refractivity contribution in [3.8, 4) is 5.75 Å². The summed E-state index contributed by atoms with van der Waals surface area (Å²) in [7, 11) is 0. The van der Waals surface area contributed by atoms with Crippen LogP contribution in [0.2, 0.25) is 0 Å². The quantitative estimate of drug-likeness (QED) is 0.877. The first-order valence-corrected chi connectivity index (χ1v) is 6.42. The maximum atomic E-state index is 12.0. The molecule has 2 N–H and O–H groups in total. The number of amides is 1. The molecular weight excluding hydrogens is 242 g/mol. The van der Waals surface area contributed by atoms with Crippen LogP contribution in [0.4, 0.5) is 0 Å². The summed E-state index contributed by atoms with van der Waals surface area (Å²) in [5.74, 6) is 0.418. The van der Waals surface area contributed by atoms with Crippen molar-refractivity contribution in [3.05, 3.63) is 29.3 Å². The Balaban J connectivity index is 2.82. The Kier molecular flexibility index (Phi) is 4.95. The van der Waals surface area contributed by atoms with Gasteiger partial charge in [-0.05, 0) is 40.2 Å². The monoisotopic (exact) mass is 265 g/mol. The second-order valence-electron chi connectivity index (χ2n) is 5.72. The molecule has 0 aliphatic carbocycles. The van der Waals surface area contributed by atoms with Gasteiger partial charge in [-0.25, -0.2) is 0 Å². The molecule has 1 atom stereocenters. The summed E-state index contributed by atoms with van der Waals surface area (Å²) < 4.78 is 5.70. The lowest BCUT2D eigenvalue weighted by Gasteiger charge is -2.24. The number of aryl methyl sites for hydroxylation is 1. The molecule has 0 aromatic heterocycles. The predicted octanol–water partition coefficient (Wildman–Crippen LogP) is 2.17. The molecule has 106 valence electrons. The first kappa shape index (κ1) is 15.5. The van der Waals surface area contributed by atoms with Crippen molar-refractivity contribution in [2.24, 2.45) is 0 Å². The molecule has 0 bridgehead atoms. The molecular formula is C15H23NO3. The third kappa shape index (κ3) is 4.56. The van der Waals surface area contributed by atoms with Gasteiger partial charge >= 0.3 is 0 Å². The zero-order valence-electron chi connectivity index (χ0n) is 12.3. The minimum atomic E-state index is -0.606. The van der Waals surface area contributed by atoms with Gasteiger partial charge in [-0.2, -0.15) is 0 Å². The van der Waals surface area contributed by atoms with E-state index in [0.717, 1.165) is 5.56 Å². The molecule has 0 radical (unpaired) electrons. The van der Waals surface area contributed by atoms with Gasteiger partial charge in [0.05, 0.1) is 6.61 Å². The summed E-state index contributed by atoms with van der Waals surface area (Å²) >= 11 is 0. The van der Waals surface area contributed by atoms with Crippen LogP contribution < -0.4 is 10.1 Å². The van der Waals surface area contributed by atoms with Crippen LogP contribution in [0, 0.1) is 6.92 Å². The van der Waals surface area contributed by atoms with E-state index in [0.29, 0.717) is 11.3 Å². The van der Waals surface area contributed by atoms with Crippen molar-refractivity contribution in [3.63, 3.8) is 0 Å². The van der Waals surface area contributed by atoms with Gasteiger partial charge in [0, 0.05) is 11.1 Å². The minimum Gasteiger partial charge on any atom is -0.480 e. The van der Waals surface area contributed by atoms with Crippen molar-refractivity contribution < 1.29 is 14.6 Å². The fraction of sp³-hybridized carbons (Fsp3) is 0.533. The van der Waals surface area contributed by atoms with E-state index in [2.05, 4.69) is 5.32 Å². The summed E-state index contributed by atoms with van der Waals surface area (Å²) in [5, 5.41) is 12.2. The van der Waals surface area contributed by atoms with Crippen molar-refractivity contribution >= 4 is 5.91 Å². The fourth-order valence-corrected chi connectivity index (χ4v) is 1.71. The third-order valence-corrected chi connectivity index (χ3v) is 2.63. The number of para-hydroxylation sites is 1. The van der Waals surface area contributed by atoms with Gasteiger partial charge in [-0.3, -0.25) is 4.79 Å². The Labute approximate surface area is 114 Å². The minimum absolute atomic E-state index is 0.107. The van der Waals surface area contributed by atoms with Crippen LogP contribution in [-0.2, 0) is 11.4 Å². The van der Waals surface area contributed by atoms with Gasteiger partial charge in [0.1, 0.15) is 5.75 Å². The molecule has 0 saturated carbocycles. The van der Waals surface area contributed by atoms with E-state index in [9.17, 15) is 9.90 Å². The Morgan fingerprint density at radius 3 is 2.58 bits per heavy atom. The highest BCUT2D eigenvalue weighted by Gasteiger charge is 2.21. The number of hydrogen-bond acceptors (Lipinski definition) is 3. The summed E-state index contributed by atoms with van der Waals surface area (Å²) in [6.45, 7) is 9.25. The number of aliphatic hydroxyl groups excluding tert-OH is 1. The summed E-state index contributed by atoms with van der Waals surface area (Å²) in [6.07, 6.45) is -0.606. The highest BCUT2D eigenvalue weighted by Crippen LogP contribution is 2.24. The van der Waals surface area contributed by atoms with Gasteiger partial charge in [0.15, 0.2) is 6.10 Å². The molecule has 1 rings (SSSR count). The van der Waals surface area contributed by atoms with E-state index >= 15 is 0 Å². The van der Waals surface area contributed by atoms with Crippen molar-refractivity contribution in [2.75, 3.05) is 0 Å². The molecule has 19 heavy (non-hydrogen) atoms. The van der Waals surface area contributed by atoms with E-state index in [4.69, 9.17) is 4.74 Å². The third-order valence-electron chi connectivity index (χ3n) is 2.63. The SMILES string of the molecule is Cc1cccc(CO)c1OC(C)C(=O)NC(C)(C)C. The molecule has 0 spiro atoms. The number of rotatable bonds is 4. The van der Waals surface area contributed by atoms with Gasteiger partial charge < -0.3 is 15.2 Å². The molecule has 0 fully saturated rings. The van der Waals surface area contributed by atoms with Crippen molar-refractivity contribution in [2.45, 2.75) is 52.9 Å². The van der Waals surface area contributed by atoms with Crippen LogP contribution in [0.15, 0.2) is 18.2 Å². The summed E-state index contributed by atoms with van der Waals surface area (Å²) in [5.41, 5.74) is 1.30. The molecule has 1 amide bonds. The number of nitrogens with one attached hydrogen (secondary N) is 1. The number of aliphatic hydroxyl groups is 1. The zero-order chi connectivity index (χ0) is 14.6. The topological polar surface area (TPSA) is 58.6 Å². The molecule has 4 nitrogen and oxygen atoms in total. The molecule has 0 aliphatic heterocycles. The fourth-order valence-electron chi connectivity index (χ4n) is 1.71. The van der Waals surface area contributed by atoms with Crippen LogP contribution in [0.25, 0.3) is 0 Å². The molecule has 1 aromatic rings. The lowest BCUT2D eigenvalue weighted by Crippen LogP contribution is -2.46. The highest BCUT2D eigenvalue weighted by atomic mass is 16.5. The lowest BCUT2D eigenvalue weighted by atomic mass is 10.1. The van der Waals surface area contributed by atoms with Gasteiger partial charge in [0.2, 0.25) is 0 Å². The standard InChI is InChI=1S/C15H23NO3/c1-10-7-6-8-12(9-17)13(10)19-11(2)14(18)16-15(3,4)5/h6-8,11,17H,9H2,1-5H3,(H,16,18).